The maximum atomic E-state index is 9.08. The van der Waals surface area contributed by atoms with Crippen LogP contribution in [-0.4, -0.2) is 22.0 Å². The van der Waals surface area contributed by atoms with Gasteiger partial charge in [-0.2, -0.15) is 0 Å². The molecular weight excluding hydrogens is 192 g/mol. The van der Waals surface area contributed by atoms with E-state index < -0.39 is 0 Å². The van der Waals surface area contributed by atoms with Crippen LogP contribution < -0.4 is 4.74 Å². The van der Waals surface area contributed by atoms with E-state index in [9.17, 15) is 0 Å². The zero-order chi connectivity index (χ0) is 10.7. The van der Waals surface area contributed by atoms with Crippen molar-refractivity contribution in [2.45, 2.75) is 6.61 Å². The first kappa shape index (κ1) is 9.73. The summed E-state index contributed by atoms with van der Waals surface area (Å²) in [5.74, 6) is 0.460. The number of aliphatic hydroxyl groups is 1. The Bertz CT molecular complexity index is 416. The third-order valence-electron chi connectivity index (χ3n) is 2.14. The number of hydrogen-bond acceptors (Lipinski definition) is 3. The van der Waals surface area contributed by atoms with E-state index in [1.165, 1.54) is 7.11 Å². The number of hydrogen-bond donors (Lipinski definition) is 1. The Morgan fingerprint density at radius 2 is 2.07 bits per heavy atom. The highest BCUT2D eigenvalue weighted by atomic mass is 16.5. The highest BCUT2D eigenvalue weighted by molar-refractivity contribution is 5.34. The Labute approximate surface area is 87.7 Å². The van der Waals surface area contributed by atoms with Gasteiger partial charge in [0.1, 0.15) is 0 Å². The monoisotopic (exact) mass is 204 g/mol. The lowest BCUT2D eigenvalue weighted by Crippen LogP contribution is -1.94. The molecule has 1 heterocycles. The van der Waals surface area contributed by atoms with E-state index in [4.69, 9.17) is 9.84 Å². The lowest BCUT2D eigenvalue weighted by atomic mass is 10.3. The maximum Gasteiger partial charge on any atom is 0.238 e. The predicted octanol–water partition coefficient (Wildman–Crippen LogP) is 1.37. The van der Waals surface area contributed by atoms with Crippen molar-refractivity contribution in [3.63, 3.8) is 0 Å². The molecule has 1 N–H and O–H groups in total. The number of aromatic nitrogens is 2. The summed E-state index contributed by atoms with van der Waals surface area (Å²) in [5.41, 5.74) is 1.62. The molecule has 1 aromatic heterocycles. The molecule has 2 rings (SSSR count). The summed E-state index contributed by atoms with van der Waals surface area (Å²) >= 11 is 0. The number of nitrogens with zero attached hydrogens (tertiary/aromatic N) is 2. The Kier molecular flexibility index (Phi) is 2.69. The van der Waals surface area contributed by atoms with Gasteiger partial charge in [0.05, 0.1) is 25.0 Å². The Morgan fingerprint density at radius 1 is 1.33 bits per heavy atom. The van der Waals surface area contributed by atoms with Crippen molar-refractivity contribution in [1.29, 1.82) is 0 Å². The van der Waals surface area contributed by atoms with Gasteiger partial charge in [-0.1, -0.05) is 18.2 Å². The van der Waals surface area contributed by atoms with Crippen LogP contribution in [0.5, 0.6) is 5.88 Å². The predicted molar refractivity (Wildman–Crippen MR) is 56.0 cm³/mol. The van der Waals surface area contributed by atoms with E-state index in [1.807, 2.05) is 30.3 Å². The summed E-state index contributed by atoms with van der Waals surface area (Å²) in [7, 11) is 1.54. The highest BCUT2D eigenvalue weighted by Crippen LogP contribution is 2.18. The molecule has 0 spiro atoms. The molecule has 78 valence electrons. The lowest BCUT2D eigenvalue weighted by molar-refractivity contribution is 0.273. The zero-order valence-corrected chi connectivity index (χ0v) is 8.42. The SMILES string of the molecule is COc1nn(-c2ccccc2)cc1CO. The van der Waals surface area contributed by atoms with Crippen LogP contribution >= 0.6 is 0 Å². The van der Waals surface area contributed by atoms with Crippen molar-refractivity contribution in [2.24, 2.45) is 0 Å². The number of ether oxygens (including phenoxy) is 1. The molecule has 0 saturated heterocycles. The molecule has 0 amide bonds. The van der Waals surface area contributed by atoms with Gasteiger partial charge in [-0.25, -0.2) is 4.68 Å². The van der Waals surface area contributed by atoms with Gasteiger partial charge in [0.15, 0.2) is 0 Å². The van der Waals surface area contributed by atoms with Gasteiger partial charge in [0, 0.05) is 6.20 Å². The smallest absolute Gasteiger partial charge is 0.238 e. The van der Waals surface area contributed by atoms with Crippen molar-refractivity contribution in [3.05, 3.63) is 42.1 Å². The molecule has 1 aromatic carbocycles. The van der Waals surface area contributed by atoms with Crippen LogP contribution in [0.15, 0.2) is 36.5 Å². The minimum absolute atomic E-state index is 0.0734. The third kappa shape index (κ3) is 1.85. The summed E-state index contributed by atoms with van der Waals surface area (Å²) < 4.78 is 6.73. The van der Waals surface area contributed by atoms with Gasteiger partial charge >= 0.3 is 0 Å². The highest BCUT2D eigenvalue weighted by Gasteiger charge is 2.08. The van der Waals surface area contributed by atoms with Crippen LogP contribution in [-0.2, 0) is 6.61 Å². The van der Waals surface area contributed by atoms with Gasteiger partial charge in [0.2, 0.25) is 5.88 Å². The molecule has 0 aliphatic heterocycles. The van der Waals surface area contributed by atoms with E-state index in [2.05, 4.69) is 5.10 Å². The van der Waals surface area contributed by atoms with Gasteiger partial charge in [-0.3, -0.25) is 0 Å². The second-order valence-electron chi connectivity index (χ2n) is 3.10. The molecule has 0 unspecified atom stereocenters. The van der Waals surface area contributed by atoms with E-state index >= 15 is 0 Å². The van der Waals surface area contributed by atoms with Gasteiger partial charge in [-0.05, 0) is 12.1 Å². The number of rotatable bonds is 3. The zero-order valence-electron chi connectivity index (χ0n) is 8.42. The summed E-state index contributed by atoms with van der Waals surface area (Å²) in [6.45, 7) is -0.0734. The quantitative estimate of drug-likeness (QED) is 0.821. The average Bonchev–Trinajstić information content (AvgIpc) is 2.73. The first-order valence-electron chi connectivity index (χ1n) is 4.64. The second-order valence-corrected chi connectivity index (χ2v) is 3.10. The van der Waals surface area contributed by atoms with Gasteiger partial charge < -0.3 is 9.84 Å². The van der Waals surface area contributed by atoms with Gasteiger partial charge in [-0.15, -0.1) is 5.10 Å². The lowest BCUT2D eigenvalue weighted by Gasteiger charge is -1.98. The Morgan fingerprint density at radius 3 is 2.60 bits per heavy atom. The normalized spacial score (nSPS) is 10.3. The Hall–Kier alpha value is -1.81. The fourth-order valence-corrected chi connectivity index (χ4v) is 1.39. The average molecular weight is 204 g/mol. The van der Waals surface area contributed by atoms with Crippen LogP contribution in [0.4, 0.5) is 0 Å². The van der Waals surface area contributed by atoms with E-state index in [-0.39, 0.29) is 6.61 Å². The largest absolute Gasteiger partial charge is 0.480 e. The first-order chi connectivity index (χ1) is 7.35. The molecule has 0 saturated carbocycles. The van der Waals surface area contributed by atoms with Crippen LogP contribution in [0.1, 0.15) is 5.56 Å². The summed E-state index contributed by atoms with van der Waals surface area (Å²) in [6.07, 6.45) is 1.76. The topological polar surface area (TPSA) is 47.3 Å². The van der Waals surface area contributed by atoms with E-state index in [0.29, 0.717) is 11.4 Å². The summed E-state index contributed by atoms with van der Waals surface area (Å²) in [5, 5.41) is 13.3. The molecule has 0 radical (unpaired) electrons. The molecule has 0 fully saturated rings. The van der Waals surface area contributed by atoms with E-state index in [1.54, 1.807) is 10.9 Å². The molecule has 2 aromatic rings. The van der Waals surface area contributed by atoms with Crippen LogP contribution in [0, 0.1) is 0 Å². The van der Waals surface area contributed by atoms with Crippen molar-refractivity contribution in [3.8, 4) is 11.6 Å². The van der Waals surface area contributed by atoms with Crippen LogP contribution in [0.3, 0.4) is 0 Å². The minimum atomic E-state index is -0.0734. The third-order valence-corrected chi connectivity index (χ3v) is 2.14. The molecule has 0 aliphatic carbocycles. The van der Waals surface area contributed by atoms with Crippen molar-refractivity contribution >= 4 is 0 Å². The maximum absolute atomic E-state index is 9.08. The molecule has 4 nitrogen and oxygen atoms in total. The number of para-hydroxylation sites is 1. The molecular formula is C11H12N2O2. The second kappa shape index (κ2) is 4.14. The molecule has 0 aliphatic rings. The molecule has 0 bridgehead atoms. The molecule has 15 heavy (non-hydrogen) atoms. The first-order valence-corrected chi connectivity index (χ1v) is 4.64. The van der Waals surface area contributed by atoms with Crippen molar-refractivity contribution in [2.75, 3.05) is 7.11 Å². The minimum Gasteiger partial charge on any atom is -0.480 e. The van der Waals surface area contributed by atoms with Crippen molar-refractivity contribution in [1.82, 2.24) is 9.78 Å². The number of benzene rings is 1. The number of methoxy groups -OCH3 is 1. The van der Waals surface area contributed by atoms with Crippen LogP contribution in [0.25, 0.3) is 5.69 Å². The standard InChI is InChI=1S/C11H12N2O2/c1-15-11-9(8-14)7-13(12-11)10-5-3-2-4-6-10/h2-7,14H,8H2,1H3. The number of aliphatic hydroxyl groups excluding tert-OH is 1. The summed E-state index contributed by atoms with van der Waals surface area (Å²) in [4.78, 5) is 0. The van der Waals surface area contributed by atoms with Crippen LogP contribution in [0.2, 0.25) is 0 Å². The van der Waals surface area contributed by atoms with Crippen molar-refractivity contribution < 1.29 is 9.84 Å². The Balaban J connectivity index is 2.42. The molecule has 4 heteroatoms. The van der Waals surface area contributed by atoms with E-state index in [0.717, 1.165) is 5.69 Å². The molecule has 0 atom stereocenters. The fraction of sp³-hybridized carbons (Fsp3) is 0.182. The summed E-state index contributed by atoms with van der Waals surface area (Å²) in [6, 6.07) is 9.68. The fourth-order valence-electron chi connectivity index (χ4n) is 1.39. The van der Waals surface area contributed by atoms with Gasteiger partial charge in [0.25, 0.3) is 0 Å².